The van der Waals surface area contributed by atoms with Crippen LogP contribution in [0.3, 0.4) is 0 Å². The van der Waals surface area contributed by atoms with E-state index in [0.29, 0.717) is 5.56 Å². The molecule has 1 rings (SSSR count). The second-order valence-corrected chi connectivity index (χ2v) is 4.97. The maximum Gasteiger partial charge on any atom is 0.240 e. The SMILES string of the molecule is CCC(C)NC(=O)Cn1ccc(C(=O)C(C)C)c1. The molecule has 0 aliphatic rings. The molecule has 0 aliphatic carbocycles. The molecule has 18 heavy (non-hydrogen) atoms. The van der Waals surface area contributed by atoms with Gasteiger partial charge >= 0.3 is 0 Å². The summed E-state index contributed by atoms with van der Waals surface area (Å²) in [4.78, 5) is 23.4. The number of aromatic nitrogens is 1. The fourth-order valence-electron chi connectivity index (χ4n) is 1.61. The fourth-order valence-corrected chi connectivity index (χ4v) is 1.61. The van der Waals surface area contributed by atoms with Gasteiger partial charge in [0.2, 0.25) is 5.91 Å². The highest BCUT2D eigenvalue weighted by molar-refractivity contribution is 5.97. The summed E-state index contributed by atoms with van der Waals surface area (Å²) in [5.41, 5.74) is 0.668. The second-order valence-electron chi connectivity index (χ2n) is 4.97. The van der Waals surface area contributed by atoms with E-state index in [-0.39, 0.29) is 30.2 Å². The molecule has 1 N–H and O–H groups in total. The number of amides is 1. The van der Waals surface area contributed by atoms with Crippen LogP contribution in [0.4, 0.5) is 0 Å². The normalized spacial score (nSPS) is 12.5. The number of ketones is 1. The van der Waals surface area contributed by atoms with E-state index in [1.165, 1.54) is 0 Å². The van der Waals surface area contributed by atoms with Crippen molar-refractivity contribution in [3.63, 3.8) is 0 Å². The molecule has 0 bridgehead atoms. The van der Waals surface area contributed by atoms with Crippen LogP contribution in [0.5, 0.6) is 0 Å². The quantitative estimate of drug-likeness (QED) is 0.787. The van der Waals surface area contributed by atoms with Gasteiger partial charge in [-0.1, -0.05) is 20.8 Å². The summed E-state index contributed by atoms with van der Waals surface area (Å²) in [6, 6.07) is 1.95. The highest BCUT2D eigenvalue weighted by Gasteiger charge is 2.12. The van der Waals surface area contributed by atoms with Crippen molar-refractivity contribution in [1.29, 1.82) is 0 Å². The largest absolute Gasteiger partial charge is 0.352 e. The van der Waals surface area contributed by atoms with Gasteiger partial charge in [-0.3, -0.25) is 9.59 Å². The molecule has 1 amide bonds. The summed E-state index contributed by atoms with van der Waals surface area (Å²) < 4.78 is 1.74. The molecule has 1 unspecified atom stereocenters. The average molecular weight is 250 g/mol. The minimum Gasteiger partial charge on any atom is -0.352 e. The van der Waals surface area contributed by atoms with Crippen molar-refractivity contribution in [2.24, 2.45) is 5.92 Å². The molecule has 1 heterocycles. The number of carbonyl (C=O) groups excluding carboxylic acids is 2. The molecule has 4 heteroatoms. The molecular weight excluding hydrogens is 228 g/mol. The Morgan fingerprint density at radius 2 is 2.00 bits per heavy atom. The molecule has 0 saturated carbocycles. The lowest BCUT2D eigenvalue weighted by Crippen LogP contribution is -2.34. The number of nitrogens with zero attached hydrogens (tertiary/aromatic N) is 1. The Balaban J connectivity index is 2.59. The Hall–Kier alpha value is -1.58. The molecule has 1 aromatic heterocycles. The maximum absolute atomic E-state index is 11.8. The van der Waals surface area contributed by atoms with Gasteiger partial charge in [0.25, 0.3) is 0 Å². The predicted octanol–water partition coefficient (Wildman–Crippen LogP) is 2.24. The highest BCUT2D eigenvalue weighted by Crippen LogP contribution is 2.09. The van der Waals surface area contributed by atoms with Crippen molar-refractivity contribution in [1.82, 2.24) is 9.88 Å². The van der Waals surface area contributed by atoms with E-state index in [9.17, 15) is 9.59 Å². The van der Waals surface area contributed by atoms with Crippen LogP contribution in [-0.2, 0) is 11.3 Å². The van der Waals surface area contributed by atoms with Gasteiger partial charge in [-0.2, -0.15) is 0 Å². The highest BCUT2D eigenvalue weighted by atomic mass is 16.2. The first kappa shape index (κ1) is 14.5. The van der Waals surface area contributed by atoms with Gasteiger partial charge in [-0.15, -0.1) is 0 Å². The smallest absolute Gasteiger partial charge is 0.240 e. The molecule has 0 saturated heterocycles. The number of nitrogens with one attached hydrogen (secondary N) is 1. The monoisotopic (exact) mass is 250 g/mol. The topological polar surface area (TPSA) is 51.1 Å². The lowest BCUT2D eigenvalue weighted by Gasteiger charge is -2.11. The van der Waals surface area contributed by atoms with Gasteiger partial charge in [-0.05, 0) is 19.4 Å². The van der Waals surface area contributed by atoms with E-state index in [0.717, 1.165) is 6.42 Å². The third kappa shape index (κ3) is 4.02. The Morgan fingerprint density at radius 1 is 1.33 bits per heavy atom. The van der Waals surface area contributed by atoms with E-state index in [2.05, 4.69) is 5.32 Å². The van der Waals surface area contributed by atoms with Crippen LogP contribution in [-0.4, -0.2) is 22.3 Å². The van der Waals surface area contributed by atoms with Crippen LogP contribution >= 0.6 is 0 Å². The first-order valence-corrected chi connectivity index (χ1v) is 6.43. The van der Waals surface area contributed by atoms with E-state index < -0.39 is 0 Å². The molecule has 1 atom stereocenters. The Morgan fingerprint density at radius 3 is 2.56 bits per heavy atom. The fraction of sp³-hybridized carbons (Fsp3) is 0.571. The second kappa shape index (κ2) is 6.38. The van der Waals surface area contributed by atoms with Crippen LogP contribution < -0.4 is 5.32 Å². The van der Waals surface area contributed by atoms with Crippen molar-refractivity contribution in [2.45, 2.75) is 46.7 Å². The standard InChI is InChI=1S/C14H22N2O2/c1-5-11(4)15-13(17)9-16-7-6-12(8-16)14(18)10(2)3/h6-8,10-11H,5,9H2,1-4H3,(H,15,17). The zero-order valence-corrected chi connectivity index (χ0v) is 11.6. The lowest BCUT2D eigenvalue weighted by molar-refractivity contribution is -0.122. The third-order valence-corrected chi connectivity index (χ3v) is 2.91. The van der Waals surface area contributed by atoms with Crippen molar-refractivity contribution in [3.8, 4) is 0 Å². The zero-order chi connectivity index (χ0) is 13.7. The number of rotatable bonds is 6. The summed E-state index contributed by atoms with van der Waals surface area (Å²) in [6.07, 6.45) is 4.42. The predicted molar refractivity (Wildman–Crippen MR) is 71.5 cm³/mol. The molecule has 0 radical (unpaired) electrons. The molecule has 0 spiro atoms. The molecule has 0 aliphatic heterocycles. The van der Waals surface area contributed by atoms with Gasteiger partial charge in [0, 0.05) is 29.9 Å². The van der Waals surface area contributed by atoms with E-state index in [1.807, 2.05) is 27.7 Å². The third-order valence-electron chi connectivity index (χ3n) is 2.91. The summed E-state index contributed by atoms with van der Waals surface area (Å²) in [7, 11) is 0. The Kier molecular flexibility index (Phi) is 5.13. The van der Waals surface area contributed by atoms with Crippen LogP contribution in [0.25, 0.3) is 0 Å². The van der Waals surface area contributed by atoms with Crippen LogP contribution in [0.15, 0.2) is 18.5 Å². The molecule has 100 valence electrons. The van der Waals surface area contributed by atoms with E-state index >= 15 is 0 Å². The molecule has 0 aromatic carbocycles. The van der Waals surface area contributed by atoms with Crippen molar-refractivity contribution in [2.75, 3.05) is 0 Å². The zero-order valence-electron chi connectivity index (χ0n) is 11.6. The van der Waals surface area contributed by atoms with Gasteiger partial charge in [0.1, 0.15) is 6.54 Å². The number of hydrogen-bond acceptors (Lipinski definition) is 2. The molecular formula is C14H22N2O2. The minimum atomic E-state index is -0.0245. The summed E-state index contributed by atoms with van der Waals surface area (Å²) in [6.45, 7) is 8.00. The Bertz CT molecular complexity index is 421. The van der Waals surface area contributed by atoms with Gasteiger partial charge in [-0.25, -0.2) is 0 Å². The molecule has 1 aromatic rings. The van der Waals surface area contributed by atoms with Crippen molar-refractivity contribution < 1.29 is 9.59 Å². The van der Waals surface area contributed by atoms with Crippen LogP contribution in [0, 0.1) is 5.92 Å². The number of hydrogen-bond donors (Lipinski definition) is 1. The van der Waals surface area contributed by atoms with E-state index in [1.54, 1.807) is 23.0 Å². The Labute approximate surface area is 108 Å². The average Bonchev–Trinajstić information content (AvgIpc) is 2.75. The minimum absolute atomic E-state index is 0.0187. The first-order valence-electron chi connectivity index (χ1n) is 6.43. The van der Waals surface area contributed by atoms with Crippen molar-refractivity contribution >= 4 is 11.7 Å². The van der Waals surface area contributed by atoms with Crippen LogP contribution in [0.2, 0.25) is 0 Å². The van der Waals surface area contributed by atoms with Crippen LogP contribution in [0.1, 0.15) is 44.5 Å². The van der Waals surface area contributed by atoms with Gasteiger partial charge in [0.05, 0.1) is 0 Å². The van der Waals surface area contributed by atoms with Crippen molar-refractivity contribution in [3.05, 3.63) is 24.0 Å². The number of Topliss-reactive ketones (excluding diaryl/α,β-unsaturated/α-hetero) is 1. The molecule has 4 nitrogen and oxygen atoms in total. The summed E-state index contributed by atoms with van der Waals surface area (Å²) in [5.74, 6) is 0.0642. The van der Waals surface area contributed by atoms with Gasteiger partial charge < -0.3 is 9.88 Å². The molecule has 0 fully saturated rings. The van der Waals surface area contributed by atoms with E-state index in [4.69, 9.17) is 0 Å². The maximum atomic E-state index is 11.8. The van der Waals surface area contributed by atoms with Gasteiger partial charge in [0.15, 0.2) is 5.78 Å². The number of carbonyl (C=O) groups is 2. The summed E-state index contributed by atoms with van der Waals surface area (Å²) >= 11 is 0. The lowest BCUT2D eigenvalue weighted by atomic mass is 10.0. The first-order chi connectivity index (χ1) is 8.43. The summed E-state index contributed by atoms with van der Waals surface area (Å²) in [5, 5.41) is 2.89.